The van der Waals surface area contributed by atoms with Gasteiger partial charge in [-0.1, -0.05) is 62.0 Å². The van der Waals surface area contributed by atoms with E-state index in [4.69, 9.17) is 39.3 Å². The van der Waals surface area contributed by atoms with E-state index in [1.807, 2.05) is 0 Å². The third-order valence-corrected chi connectivity index (χ3v) is 4.90. The molecule has 25 heavy (non-hydrogen) atoms. The molecule has 0 aliphatic rings. The van der Waals surface area contributed by atoms with Crippen LogP contribution in [-0.2, 0) is 0 Å². The first kappa shape index (κ1) is 18.3. The molecule has 0 atom stereocenters. The van der Waals surface area contributed by atoms with Crippen LogP contribution < -0.4 is 5.32 Å². The fourth-order valence-electron chi connectivity index (χ4n) is 2.31. The zero-order valence-electron chi connectivity index (χ0n) is 12.7. The molecule has 8 heteroatoms. The Labute approximate surface area is 167 Å². The normalized spacial score (nSPS) is 10.8. The lowest BCUT2D eigenvalue weighted by atomic mass is 10.1. The zero-order valence-corrected chi connectivity index (χ0v) is 16.6. The number of amides is 1. The van der Waals surface area contributed by atoms with E-state index in [2.05, 4.69) is 26.4 Å². The molecule has 0 unspecified atom stereocenters. The Bertz CT molecular complexity index is 952. The van der Waals surface area contributed by atoms with Crippen molar-refractivity contribution in [1.82, 2.24) is 5.16 Å². The molecular weight excluding hydrogens is 450 g/mol. The molecule has 0 aliphatic heterocycles. The minimum Gasteiger partial charge on any atom is -0.360 e. The minimum absolute atomic E-state index is 0.244. The van der Waals surface area contributed by atoms with Crippen molar-refractivity contribution in [2.75, 3.05) is 5.32 Å². The lowest BCUT2D eigenvalue weighted by Gasteiger charge is -2.09. The second kappa shape index (κ2) is 7.38. The van der Waals surface area contributed by atoms with E-state index in [1.165, 1.54) is 0 Å². The van der Waals surface area contributed by atoms with E-state index in [-0.39, 0.29) is 11.3 Å². The van der Waals surface area contributed by atoms with Gasteiger partial charge in [-0.05, 0) is 37.3 Å². The highest BCUT2D eigenvalue weighted by Crippen LogP contribution is 2.37. The second-order valence-electron chi connectivity index (χ2n) is 5.14. The van der Waals surface area contributed by atoms with Crippen LogP contribution in [0.2, 0.25) is 15.1 Å². The number of benzene rings is 2. The Morgan fingerprint density at radius 1 is 1.12 bits per heavy atom. The topological polar surface area (TPSA) is 55.1 Å². The average molecular weight is 461 g/mol. The van der Waals surface area contributed by atoms with Crippen LogP contribution in [0.1, 0.15) is 16.1 Å². The fourth-order valence-corrected chi connectivity index (χ4v) is 3.61. The Hall–Kier alpha value is -1.53. The first-order valence-electron chi connectivity index (χ1n) is 7.05. The summed E-state index contributed by atoms with van der Waals surface area (Å²) in [5.41, 5.74) is 1.43. The molecule has 0 saturated carbocycles. The van der Waals surface area contributed by atoms with Crippen LogP contribution in [0.4, 0.5) is 5.69 Å². The molecule has 0 spiro atoms. The lowest BCUT2D eigenvalue weighted by molar-refractivity contribution is 0.102. The Kier molecular flexibility index (Phi) is 5.39. The summed E-state index contributed by atoms with van der Waals surface area (Å²) in [5.74, 6) is -0.0781. The van der Waals surface area contributed by atoms with Gasteiger partial charge in [-0.15, -0.1) is 0 Å². The minimum atomic E-state index is -0.422. The molecule has 0 fully saturated rings. The number of hydrogen-bond acceptors (Lipinski definition) is 3. The maximum atomic E-state index is 12.8. The number of hydrogen-bond donors (Lipinski definition) is 1. The van der Waals surface area contributed by atoms with Crippen LogP contribution >= 0.6 is 50.7 Å². The number of anilines is 1. The van der Waals surface area contributed by atoms with E-state index in [0.29, 0.717) is 32.1 Å². The molecule has 1 amide bonds. The van der Waals surface area contributed by atoms with Gasteiger partial charge in [0.2, 0.25) is 0 Å². The number of halogens is 4. The van der Waals surface area contributed by atoms with E-state index in [1.54, 1.807) is 43.3 Å². The van der Waals surface area contributed by atoms with Gasteiger partial charge >= 0.3 is 0 Å². The quantitative estimate of drug-likeness (QED) is 0.478. The number of aromatic nitrogens is 1. The van der Waals surface area contributed by atoms with Gasteiger partial charge in [0.15, 0.2) is 0 Å². The maximum Gasteiger partial charge on any atom is 0.261 e. The van der Waals surface area contributed by atoms with Gasteiger partial charge in [0.1, 0.15) is 17.0 Å². The second-order valence-corrected chi connectivity index (χ2v) is 7.27. The van der Waals surface area contributed by atoms with Crippen molar-refractivity contribution >= 4 is 62.3 Å². The summed E-state index contributed by atoms with van der Waals surface area (Å²) < 4.78 is 6.01. The van der Waals surface area contributed by atoms with Crippen molar-refractivity contribution in [3.05, 3.63) is 67.3 Å². The zero-order chi connectivity index (χ0) is 18.1. The molecule has 2 aromatic carbocycles. The molecule has 3 rings (SSSR count). The van der Waals surface area contributed by atoms with Gasteiger partial charge in [0.05, 0.1) is 20.8 Å². The molecule has 1 N–H and O–H groups in total. The van der Waals surface area contributed by atoms with Gasteiger partial charge in [-0.2, -0.15) is 0 Å². The Balaban J connectivity index is 2.03. The van der Waals surface area contributed by atoms with Gasteiger partial charge in [-0.3, -0.25) is 4.79 Å². The number of rotatable bonds is 3. The van der Waals surface area contributed by atoms with Crippen LogP contribution in [0, 0.1) is 6.92 Å². The number of nitrogens with zero attached hydrogens (tertiary/aromatic N) is 1. The predicted octanol–water partition coefficient (Wildman–Crippen LogP) is 6.63. The summed E-state index contributed by atoms with van der Waals surface area (Å²) in [4.78, 5) is 12.8. The maximum absolute atomic E-state index is 12.8. The van der Waals surface area contributed by atoms with Crippen molar-refractivity contribution in [3.63, 3.8) is 0 Å². The molecule has 4 nitrogen and oxygen atoms in total. The van der Waals surface area contributed by atoms with Gasteiger partial charge in [0, 0.05) is 10.0 Å². The highest BCUT2D eigenvalue weighted by atomic mass is 79.9. The van der Waals surface area contributed by atoms with Crippen LogP contribution in [0.5, 0.6) is 0 Å². The smallest absolute Gasteiger partial charge is 0.261 e. The number of nitrogens with one attached hydrogen (secondary N) is 1. The van der Waals surface area contributed by atoms with Crippen LogP contribution in [-0.4, -0.2) is 11.1 Å². The summed E-state index contributed by atoms with van der Waals surface area (Å²) in [6, 6.07) is 10.2. The van der Waals surface area contributed by atoms with Crippen LogP contribution in [0.15, 0.2) is 45.4 Å². The third kappa shape index (κ3) is 3.70. The monoisotopic (exact) mass is 458 g/mol. The molecule has 1 aromatic heterocycles. The number of aryl methyl sites for hydroxylation is 1. The van der Waals surface area contributed by atoms with Crippen molar-refractivity contribution < 1.29 is 9.32 Å². The van der Waals surface area contributed by atoms with Gasteiger partial charge in [0.25, 0.3) is 5.91 Å². The van der Waals surface area contributed by atoms with E-state index < -0.39 is 5.91 Å². The largest absolute Gasteiger partial charge is 0.360 e. The van der Waals surface area contributed by atoms with Crippen molar-refractivity contribution in [2.45, 2.75) is 6.92 Å². The molecule has 0 saturated heterocycles. The van der Waals surface area contributed by atoms with Crippen LogP contribution in [0.3, 0.4) is 0 Å². The van der Waals surface area contributed by atoms with E-state index >= 15 is 0 Å². The standard InChI is InChI=1S/C17H10BrCl3N2O2/c1-8-14(17(24)22-13-6-5-9(18)7-12(13)21)16(23-25-8)15-10(19)3-2-4-11(15)20/h2-7H,1H3,(H,22,24). The molecule has 1 heterocycles. The number of carbonyl (C=O) groups excluding carboxylic acids is 1. The van der Waals surface area contributed by atoms with Gasteiger partial charge < -0.3 is 9.84 Å². The predicted molar refractivity (Wildman–Crippen MR) is 104 cm³/mol. The Morgan fingerprint density at radius 2 is 1.80 bits per heavy atom. The average Bonchev–Trinajstić information content (AvgIpc) is 2.91. The van der Waals surface area contributed by atoms with E-state index in [0.717, 1.165) is 4.47 Å². The molecular formula is C17H10BrCl3N2O2. The highest BCUT2D eigenvalue weighted by molar-refractivity contribution is 9.10. The highest BCUT2D eigenvalue weighted by Gasteiger charge is 2.25. The Morgan fingerprint density at radius 3 is 2.44 bits per heavy atom. The van der Waals surface area contributed by atoms with E-state index in [9.17, 15) is 4.79 Å². The molecule has 128 valence electrons. The summed E-state index contributed by atoms with van der Waals surface area (Å²) in [6.45, 7) is 1.64. The molecule has 0 radical (unpaired) electrons. The summed E-state index contributed by atoms with van der Waals surface area (Å²) in [7, 11) is 0. The summed E-state index contributed by atoms with van der Waals surface area (Å²) in [5, 5.41) is 7.85. The van der Waals surface area contributed by atoms with Crippen molar-refractivity contribution in [3.8, 4) is 11.3 Å². The SMILES string of the molecule is Cc1onc(-c2c(Cl)cccc2Cl)c1C(=O)Nc1ccc(Br)cc1Cl. The number of carbonyl (C=O) groups is 1. The third-order valence-electron chi connectivity index (χ3n) is 3.47. The molecule has 3 aromatic rings. The first-order valence-corrected chi connectivity index (χ1v) is 8.98. The summed E-state index contributed by atoms with van der Waals surface area (Å²) >= 11 is 21.9. The van der Waals surface area contributed by atoms with Crippen LogP contribution in [0.25, 0.3) is 11.3 Å². The molecule has 0 bridgehead atoms. The molecule has 0 aliphatic carbocycles. The fraction of sp³-hybridized carbons (Fsp3) is 0.0588. The summed E-state index contributed by atoms with van der Waals surface area (Å²) in [6.07, 6.45) is 0. The van der Waals surface area contributed by atoms with Crippen molar-refractivity contribution in [1.29, 1.82) is 0 Å². The lowest BCUT2D eigenvalue weighted by Crippen LogP contribution is -2.14. The van der Waals surface area contributed by atoms with Gasteiger partial charge in [-0.25, -0.2) is 0 Å². The first-order chi connectivity index (χ1) is 11.9. The van der Waals surface area contributed by atoms with Crippen molar-refractivity contribution in [2.24, 2.45) is 0 Å².